The molecule has 3 fully saturated rings. The van der Waals surface area contributed by atoms with Crippen molar-refractivity contribution >= 4 is 6.09 Å². The van der Waals surface area contributed by atoms with E-state index in [1.165, 1.54) is 0 Å². The Morgan fingerprint density at radius 3 is 2.86 bits per heavy atom. The molecule has 0 aromatic carbocycles. The predicted molar refractivity (Wildman–Crippen MR) is 81.0 cm³/mol. The SMILES string of the molecule is CC(C)(C)OC(=O)N1CCC2C[C@H]1C2(C#N)c1cccnc1. The van der Waals surface area contributed by atoms with Crippen LogP contribution in [0, 0.1) is 17.2 Å². The summed E-state index contributed by atoms with van der Waals surface area (Å²) >= 11 is 0. The number of fused-ring (bicyclic) bond motifs is 2. The van der Waals surface area contributed by atoms with Gasteiger partial charge in [0.25, 0.3) is 0 Å². The van der Waals surface area contributed by atoms with Crippen LogP contribution in [0.25, 0.3) is 0 Å². The molecule has 1 aromatic heterocycles. The number of carbonyl (C=O) groups excluding carboxylic acids is 1. The van der Waals surface area contributed by atoms with Crippen molar-refractivity contribution in [3.63, 3.8) is 0 Å². The van der Waals surface area contributed by atoms with E-state index in [9.17, 15) is 10.1 Å². The quantitative estimate of drug-likeness (QED) is 0.799. The van der Waals surface area contributed by atoms with E-state index in [-0.39, 0.29) is 12.1 Å². The van der Waals surface area contributed by atoms with Crippen molar-refractivity contribution in [2.45, 2.75) is 50.7 Å². The smallest absolute Gasteiger partial charge is 0.410 e. The summed E-state index contributed by atoms with van der Waals surface area (Å²) in [4.78, 5) is 18.4. The Balaban J connectivity index is 1.90. The summed E-state index contributed by atoms with van der Waals surface area (Å²) in [6, 6.07) is 6.16. The first-order chi connectivity index (χ1) is 10.4. The average Bonchev–Trinajstić information content (AvgIpc) is 2.47. The molecular formula is C17H21N3O2. The number of pyridine rings is 1. The molecule has 22 heavy (non-hydrogen) atoms. The number of rotatable bonds is 1. The maximum absolute atomic E-state index is 12.5. The molecule has 0 radical (unpaired) electrons. The fraction of sp³-hybridized carbons (Fsp3) is 0.588. The minimum Gasteiger partial charge on any atom is -0.444 e. The first-order valence-corrected chi connectivity index (χ1v) is 7.70. The molecule has 116 valence electrons. The van der Waals surface area contributed by atoms with E-state index in [2.05, 4.69) is 11.1 Å². The van der Waals surface area contributed by atoms with Crippen LogP contribution in [0.2, 0.25) is 0 Å². The van der Waals surface area contributed by atoms with Gasteiger partial charge in [0, 0.05) is 18.9 Å². The normalized spacial score (nSPS) is 30.2. The molecule has 2 saturated heterocycles. The highest BCUT2D eigenvalue weighted by Crippen LogP contribution is 2.55. The van der Waals surface area contributed by atoms with E-state index in [1.54, 1.807) is 17.3 Å². The fourth-order valence-corrected chi connectivity index (χ4v) is 3.73. The maximum atomic E-state index is 12.5. The molecule has 1 amide bonds. The summed E-state index contributed by atoms with van der Waals surface area (Å²) in [6.45, 7) is 6.24. The number of hydrogen-bond acceptors (Lipinski definition) is 4. The summed E-state index contributed by atoms with van der Waals surface area (Å²) in [5.74, 6) is 0.297. The second kappa shape index (κ2) is 4.98. The standard InChI is InChI=1S/C17H21N3O2/c1-16(2,3)22-15(21)20-8-6-12-9-14(20)17(12,11-18)13-5-4-7-19-10-13/h4-5,7,10,12,14H,6,8-9H2,1-3H3/t12?,14-,17?/m0/s1. The topological polar surface area (TPSA) is 66.2 Å². The van der Waals surface area contributed by atoms with Crippen molar-refractivity contribution in [1.82, 2.24) is 9.88 Å². The zero-order valence-corrected chi connectivity index (χ0v) is 13.2. The van der Waals surface area contributed by atoms with Crippen LogP contribution < -0.4 is 0 Å². The van der Waals surface area contributed by atoms with Crippen molar-refractivity contribution < 1.29 is 9.53 Å². The molecule has 3 aliphatic rings. The highest BCUT2D eigenvalue weighted by atomic mass is 16.6. The van der Waals surface area contributed by atoms with Crippen LogP contribution in [-0.2, 0) is 10.2 Å². The van der Waals surface area contributed by atoms with Gasteiger partial charge >= 0.3 is 6.09 Å². The molecule has 1 aromatic rings. The molecule has 0 N–H and O–H groups in total. The molecule has 2 aliphatic heterocycles. The lowest BCUT2D eigenvalue weighted by Gasteiger charge is -2.59. The molecule has 2 unspecified atom stereocenters. The molecule has 3 heterocycles. The molecule has 5 heteroatoms. The number of hydrogen-bond donors (Lipinski definition) is 0. The summed E-state index contributed by atoms with van der Waals surface area (Å²) in [5, 5.41) is 9.87. The lowest BCUT2D eigenvalue weighted by atomic mass is 9.51. The molecule has 0 spiro atoms. The monoisotopic (exact) mass is 299 g/mol. The fourth-order valence-electron chi connectivity index (χ4n) is 3.73. The summed E-state index contributed by atoms with van der Waals surface area (Å²) in [6.07, 6.45) is 4.83. The first kappa shape index (κ1) is 14.8. The Morgan fingerprint density at radius 1 is 1.55 bits per heavy atom. The molecule has 4 rings (SSSR count). The zero-order valence-electron chi connectivity index (χ0n) is 13.2. The number of piperidine rings is 2. The Kier molecular flexibility index (Phi) is 3.36. The van der Waals surface area contributed by atoms with Crippen molar-refractivity contribution in [2.24, 2.45) is 5.92 Å². The third kappa shape index (κ3) is 2.14. The van der Waals surface area contributed by atoms with Gasteiger partial charge in [0.1, 0.15) is 11.0 Å². The van der Waals surface area contributed by atoms with Crippen molar-refractivity contribution in [1.29, 1.82) is 5.26 Å². The largest absolute Gasteiger partial charge is 0.444 e. The van der Waals surface area contributed by atoms with Gasteiger partial charge in [0.15, 0.2) is 0 Å². The summed E-state index contributed by atoms with van der Waals surface area (Å²) in [7, 11) is 0. The minimum absolute atomic E-state index is 0.115. The number of amides is 1. The van der Waals surface area contributed by atoms with Crippen LogP contribution in [0.5, 0.6) is 0 Å². The number of ether oxygens (including phenoxy) is 1. The van der Waals surface area contributed by atoms with Gasteiger partial charge in [-0.15, -0.1) is 0 Å². The van der Waals surface area contributed by atoms with E-state index in [4.69, 9.17) is 4.74 Å². The molecule has 3 atom stereocenters. The Bertz CT molecular complexity index is 615. The van der Waals surface area contributed by atoms with Gasteiger partial charge in [-0.2, -0.15) is 5.26 Å². The zero-order chi connectivity index (χ0) is 16.0. The van der Waals surface area contributed by atoms with E-state index in [1.807, 2.05) is 32.9 Å². The van der Waals surface area contributed by atoms with Crippen LogP contribution in [-0.4, -0.2) is 34.2 Å². The van der Waals surface area contributed by atoms with Gasteiger partial charge in [-0.1, -0.05) is 6.07 Å². The van der Waals surface area contributed by atoms with Gasteiger partial charge in [-0.3, -0.25) is 4.98 Å². The van der Waals surface area contributed by atoms with Crippen LogP contribution in [0.1, 0.15) is 39.2 Å². The summed E-state index contributed by atoms with van der Waals surface area (Å²) in [5.41, 5.74) is -0.253. The van der Waals surface area contributed by atoms with Gasteiger partial charge in [-0.05, 0) is 51.2 Å². The molecular weight excluding hydrogens is 278 g/mol. The van der Waals surface area contributed by atoms with Gasteiger partial charge in [0.05, 0.1) is 12.1 Å². The number of nitriles is 1. The third-order valence-electron chi connectivity index (χ3n) is 4.72. The number of aromatic nitrogens is 1. The van der Waals surface area contributed by atoms with E-state index >= 15 is 0 Å². The van der Waals surface area contributed by atoms with Crippen LogP contribution in [0.3, 0.4) is 0 Å². The molecule has 1 saturated carbocycles. The third-order valence-corrected chi connectivity index (χ3v) is 4.72. The van der Waals surface area contributed by atoms with Crippen LogP contribution >= 0.6 is 0 Å². The average molecular weight is 299 g/mol. The Labute approximate surface area is 130 Å². The highest BCUT2D eigenvalue weighted by Gasteiger charge is 2.63. The highest BCUT2D eigenvalue weighted by molar-refractivity contribution is 5.70. The second-order valence-electron chi connectivity index (χ2n) is 7.13. The Morgan fingerprint density at radius 2 is 2.32 bits per heavy atom. The maximum Gasteiger partial charge on any atom is 0.410 e. The second-order valence-corrected chi connectivity index (χ2v) is 7.13. The van der Waals surface area contributed by atoms with Crippen molar-refractivity contribution in [2.75, 3.05) is 6.54 Å². The number of nitrogens with zero attached hydrogens (tertiary/aromatic N) is 3. The van der Waals surface area contributed by atoms with Gasteiger partial charge in [-0.25, -0.2) is 4.79 Å². The molecule has 2 bridgehead atoms. The number of carbonyl (C=O) groups is 1. The van der Waals surface area contributed by atoms with Crippen LogP contribution in [0.15, 0.2) is 24.5 Å². The minimum atomic E-state index is -0.636. The van der Waals surface area contributed by atoms with Crippen LogP contribution in [0.4, 0.5) is 4.79 Å². The van der Waals surface area contributed by atoms with E-state index in [0.717, 1.165) is 18.4 Å². The first-order valence-electron chi connectivity index (χ1n) is 7.70. The van der Waals surface area contributed by atoms with Gasteiger partial charge < -0.3 is 9.64 Å². The molecule has 5 nitrogen and oxygen atoms in total. The summed E-state index contributed by atoms with van der Waals surface area (Å²) < 4.78 is 5.51. The van der Waals surface area contributed by atoms with Crippen molar-refractivity contribution in [3.8, 4) is 6.07 Å². The predicted octanol–water partition coefficient (Wildman–Crippen LogP) is 2.87. The van der Waals surface area contributed by atoms with E-state index < -0.39 is 11.0 Å². The van der Waals surface area contributed by atoms with Crippen molar-refractivity contribution in [3.05, 3.63) is 30.1 Å². The lowest BCUT2D eigenvalue weighted by molar-refractivity contribution is -0.0625. The molecule has 1 aliphatic carbocycles. The van der Waals surface area contributed by atoms with Gasteiger partial charge in [0.2, 0.25) is 0 Å². The Hall–Kier alpha value is -2.09. The van der Waals surface area contributed by atoms with E-state index in [0.29, 0.717) is 12.5 Å². The lowest BCUT2D eigenvalue weighted by Crippen LogP contribution is -2.69.